The first kappa shape index (κ1) is 14.5. The number of methoxy groups -OCH3 is 1. The van der Waals surface area contributed by atoms with Crippen LogP contribution in [0.3, 0.4) is 0 Å². The zero-order valence-electron chi connectivity index (χ0n) is 12.1. The molecule has 0 aromatic heterocycles. The molecule has 0 atom stereocenters. The molecule has 1 aliphatic heterocycles. The third-order valence-electron chi connectivity index (χ3n) is 3.72. The Bertz CT molecular complexity index is 538. The van der Waals surface area contributed by atoms with Crippen molar-refractivity contribution < 1.29 is 9.66 Å². The fourth-order valence-electron chi connectivity index (χ4n) is 2.44. The second-order valence-electron chi connectivity index (χ2n) is 5.21. The molecule has 0 N–H and O–H groups in total. The van der Waals surface area contributed by atoms with Gasteiger partial charge in [-0.25, -0.2) is 0 Å². The third-order valence-corrected chi connectivity index (χ3v) is 3.72. The minimum atomic E-state index is -0.418. The van der Waals surface area contributed by atoms with Gasteiger partial charge in [-0.05, 0) is 43.5 Å². The first-order valence-corrected chi connectivity index (χ1v) is 6.78. The predicted octanol–water partition coefficient (Wildman–Crippen LogP) is 3.10. The maximum Gasteiger partial charge on any atom is 0.310 e. The molecule has 0 spiro atoms. The molecule has 1 aliphatic rings. The number of nitro groups is 1. The number of hydrogen-bond donors (Lipinski definition) is 0. The van der Waals surface area contributed by atoms with Crippen molar-refractivity contribution in [2.75, 3.05) is 20.2 Å². The molecule has 0 radical (unpaired) electrons. The molecule has 1 heterocycles. The van der Waals surface area contributed by atoms with E-state index in [-0.39, 0.29) is 5.69 Å². The van der Waals surface area contributed by atoms with Crippen LogP contribution in [0.25, 0.3) is 5.57 Å². The highest BCUT2D eigenvalue weighted by atomic mass is 16.6. The van der Waals surface area contributed by atoms with Crippen molar-refractivity contribution in [2.24, 2.45) is 0 Å². The van der Waals surface area contributed by atoms with Gasteiger partial charge in [-0.3, -0.25) is 15.0 Å². The Balaban J connectivity index is 2.24. The molecule has 0 saturated heterocycles. The molecular formula is C15H20N2O3. The summed E-state index contributed by atoms with van der Waals surface area (Å²) in [7, 11) is 1.46. The first-order chi connectivity index (χ1) is 9.52. The van der Waals surface area contributed by atoms with Crippen LogP contribution in [0.1, 0.15) is 25.8 Å². The van der Waals surface area contributed by atoms with Crippen LogP contribution in [-0.2, 0) is 0 Å². The molecule has 5 nitrogen and oxygen atoms in total. The van der Waals surface area contributed by atoms with E-state index in [1.54, 1.807) is 12.1 Å². The van der Waals surface area contributed by atoms with Crippen molar-refractivity contribution in [1.29, 1.82) is 0 Å². The van der Waals surface area contributed by atoms with Gasteiger partial charge in [0.1, 0.15) is 0 Å². The van der Waals surface area contributed by atoms with Gasteiger partial charge in [-0.2, -0.15) is 0 Å². The van der Waals surface area contributed by atoms with Gasteiger partial charge in [0.15, 0.2) is 5.75 Å². The molecule has 2 rings (SSSR count). The maximum absolute atomic E-state index is 10.9. The van der Waals surface area contributed by atoms with Crippen LogP contribution in [0.4, 0.5) is 5.69 Å². The second kappa shape index (κ2) is 6.05. The van der Waals surface area contributed by atoms with Crippen molar-refractivity contribution in [3.05, 3.63) is 40.0 Å². The first-order valence-electron chi connectivity index (χ1n) is 6.78. The summed E-state index contributed by atoms with van der Waals surface area (Å²) in [6, 6.07) is 5.62. The van der Waals surface area contributed by atoms with Crippen LogP contribution in [0, 0.1) is 10.1 Å². The molecule has 0 fully saturated rings. The zero-order chi connectivity index (χ0) is 14.7. The van der Waals surface area contributed by atoms with E-state index in [1.807, 2.05) is 0 Å². The summed E-state index contributed by atoms with van der Waals surface area (Å²) in [6.45, 7) is 6.32. The highest BCUT2D eigenvalue weighted by Crippen LogP contribution is 2.32. The summed E-state index contributed by atoms with van der Waals surface area (Å²) in [5.41, 5.74) is 2.25. The number of nitrogens with zero attached hydrogens (tertiary/aromatic N) is 2. The number of hydrogen-bond acceptors (Lipinski definition) is 4. The molecule has 5 heteroatoms. The van der Waals surface area contributed by atoms with E-state index in [0.717, 1.165) is 25.1 Å². The van der Waals surface area contributed by atoms with Gasteiger partial charge >= 0.3 is 5.69 Å². The minimum Gasteiger partial charge on any atom is -0.490 e. The SMILES string of the molecule is COc1cc(C2=CCN(C(C)C)CC2)ccc1[N+](=O)[O-]. The highest BCUT2D eigenvalue weighted by molar-refractivity contribution is 5.69. The molecule has 108 valence electrons. The van der Waals surface area contributed by atoms with Gasteiger partial charge < -0.3 is 4.74 Å². The molecule has 20 heavy (non-hydrogen) atoms. The Morgan fingerprint density at radius 1 is 1.40 bits per heavy atom. The highest BCUT2D eigenvalue weighted by Gasteiger charge is 2.19. The molecule has 0 bridgehead atoms. The molecule has 0 aliphatic carbocycles. The van der Waals surface area contributed by atoms with Crippen molar-refractivity contribution in [3.8, 4) is 5.75 Å². The largest absolute Gasteiger partial charge is 0.490 e. The summed E-state index contributed by atoms with van der Waals surface area (Å²) < 4.78 is 5.12. The minimum absolute atomic E-state index is 0.0106. The van der Waals surface area contributed by atoms with Crippen LogP contribution in [0.15, 0.2) is 24.3 Å². The fraction of sp³-hybridized carbons (Fsp3) is 0.467. The number of rotatable bonds is 4. The van der Waals surface area contributed by atoms with E-state index in [9.17, 15) is 10.1 Å². The average Bonchev–Trinajstić information content (AvgIpc) is 2.46. The fourth-order valence-corrected chi connectivity index (χ4v) is 2.44. The van der Waals surface area contributed by atoms with Gasteiger partial charge in [0, 0.05) is 25.2 Å². The Morgan fingerprint density at radius 3 is 2.65 bits per heavy atom. The van der Waals surface area contributed by atoms with Gasteiger partial charge in [0.2, 0.25) is 0 Å². The van der Waals surface area contributed by atoms with Crippen LogP contribution >= 0.6 is 0 Å². The second-order valence-corrected chi connectivity index (χ2v) is 5.21. The summed E-state index contributed by atoms with van der Waals surface area (Å²) >= 11 is 0. The lowest BCUT2D eigenvalue weighted by atomic mass is 9.98. The van der Waals surface area contributed by atoms with Gasteiger partial charge in [-0.1, -0.05) is 6.08 Å². The summed E-state index contributed by atoms with van der Waals surface area (Å²) in [5, 5.41) is 10.9. The van der Waals surface area contributed by atoms with Gasteiger partial charge in [-0.15, -0.1) is 0 Å². The monoisotopic (exact) mass is 276 g/mol. The van der Waals surface area contributed by atoms with Crippen LogP contribution in [-0.4, -0.2) is 36.1 Å². The van der Waals surface area contributed by atoms with Crippen LogP contribution in [0.2, 0.25) is 0 Å². The number of nitro benzene ring substituents is 1. The zero-order valence-corrected chi connectivity index (χ0v) is 12.1. The molecule has 0 amide bonds. The summed E-state index contributed by atoms with van der Waals surface area (Å²) in [5.74, 6) is 0.319. The lowest BCUT2D eigenvalue weighted by Crippen LogP contribution is -2.34. The number of ether oxygens (including phenoxy) is 1. The Labute approximate surface area is 119 Å². The van der Waals surface area contributed by atoms with E-state index < -0.39 is 4.92 Å². The van der Waals surface area contributed by atoms with Gasteiger partial charge in [0.25, 0.3) is 0 Å². The molecule has 1 aromatic carbocycles. The van der Waals surface area contributed by atoms with E-state index in [1.165, 1.54) is 18.7 Å². The summed E-state index contributed by atoms with van der Waals surface area (Å²) in [4.78, 5) is 12.9. The molecule has 0 unspecified atom stereocenters. The van der Waals surface area contributed by atoms with Crippen molar-refractivity contribution in [1.82, 2.24) is 4.90 Å². The normalized spacial score (nSPS) is 16.1. The Hall–Kier alpha value is -1.88. The molecule has 0 saturated carbocycles. The average molecular weight is 276 g/mol. The quantitative estimate of drug-likeness (QED) is 0.626. The van der Waals surface area contributed by atoms with Gasteiger partial charge in [0.05, 0.1) is 12.0 Å². The standard InChI is InChI=1S/C15H20N2O3/c1-11(2)16-8-6-12(7-9-16)13-4-5-14(17(18)19)15(10-13)20-3/h4-6,10-11H,7-9H2,1-3H3. The molecular weight excluding hydrogens is 256 g/mol. The van der Waals surface area contributed by atoms with Crippen LogP contribution in [0.5, 0.6) is 5.75 Å². The topological polar surface area (TPSA) is 55.6 Å². The predicted molar refractivity (Wildman–Crippen MR) is 79.0 cm³/mol. The van der Waals surface area contributed by atoms with Crippen molar-refractivity contribution >= 4 is 11.3 Å². The Kier molecular flexibility index (Phi) is 4.39. The van der Waals surface area contributed by atoms with E-state index in [4.69, 9.17) is 4.74 Å². The summed E-state index contributed by atoms with van der Waals surface area (Å²) in [6.07, 6.45) is 3.16. The molecule has 1 aromatic rings. The maximum atomic E-state index is 10.9. The Morgan fingerprint density at radius 2 is 2.15 bits per heavy atom. The van der Waals surface area contributed by atoms with E-state index in [2.05, 4.69) is 24.8 Å². The van der Waals surface area contributed by atoms with Crippen LogP contribution < -0.4 is 4.74 Å². The van der Waals surface area contributed by atoms with Crippen molar-refractivity contribution in [3.63, 3.8) is 0 Å². The lowest BCUT2D eigenvalue weighted by molar-refractivity contribution is -0.385. The van der Waals surface area contributed by atoms with E-state index in [0.29, 0.717) is 11.8 Å². The smallest absolute Gasteiger partial charge is 0.310 e. The van der Waals surface area contributed by atoms with E-state index >= 15 is 0 Å². The number of benzene rings is 1. The third kappa shape index (κ3) is 2.99. The van der Waals surface area contributed by atoms with Crippen molar-refractivity contribution in [2.45, 2.75) is 26.3 Å². The lowest BCUT2D eigenvalue weighted by Gasteiger charge is -2.29.